The summed E-state index contributed by atoms with van der Waals surface area (Å²) in [5, 5.41) is 0. The highest BCUT2D eigenvalue weighted by Gasteiger charge is 2.44. The predicted octanol–water partition coefficient (Wildman–Crippen LogP) is 1.41. The Kier molecular flexibility index (Phi) is 2.17. The monoisotopic (exact) mass is 218 g/mol. The van der Waals surface area contributed by atoms with Crippen LogP contribution >= 0.6 is 0 Å². The summed E-state index contributed by atoms with van der Waals surface area (Å²) in [6.45, 7) is 0. The molecule has 3 heterocycles. The Morgan fingerprint density at radius 2 is 2.38 bits per heavy atom. The van der Waals surface area contributed by atoms with Gasteiger partial charge in [-0.2, -0.15) is 0 Å². The summed E-state index contributed by atoms with van der Waals surface area (Å²) < 4.78 is 5.69. The van der Waals surface area contributed by atoms with Gasteiger partial charge in [-0.05, 0) is 31.4 Å². The van der Waals surface area contributed by atoms with Gasteiger partial charge in [-0.15, -0.1) is 0 Å². The average Bonchev–Trinajstić information content (AvgIpc) is 2.90. The molecule has 0 saturated carbocycles. The van der Waals surface area contributed by atoms with Crippen LogP contribution in [0.4, 0.5) is 5.82 Å². The van der Waals surface area contributed by atoms with Crippen molar-refractivity contribution in [3.05, 3.63) is 23.9 Å². The molecule has 1 aromatic rings. The number of Topliss-reactive ketones (excluding diaryl/α,β-unsaturated/α-hetero) is 1. The van der Waals surface area contributed by atoms with E-state index in [1.807, 2.05) is 0 Å². The van der Waals surface area contributed by atoms with E-state index in [4.69, 9.17) is 10.5 Å². The van der Waals surface area contributed by atoms with Crippen LogP contribution in [-0.2, 0) is 4.74 Å². The van der Waals surface area contributed by atoms with Crippen LogP contribution in [0.25, 0.3) is 0 Å². The minimum Gasteiger partial charge on any atom is -0.383 e. The first kappa shape index (κ1) is 9.78. The van der Waals surface area contributed by atoms with E-state index in [1.54, 1.807) is 18.3 Å². The van der Waals surface area contributed by atoms with Crippen LogP contribution in [0, 0.1) is 5.92 Å². The summed E-state index contributed by atoms with van der Waals surface area (Å²) in [5.74, 6) is 0.415. The molecule has 2 bridgehead atoms. The molecule has 3 atom stereocenters. The maximum absolute atomic E-state index is 12.3. The molecule has 2 aliphatic heterocycles. The number of hydrogen-bond donors (Lipinski definition) is 1. The first-order valence-electron chi connectivity index (χ1n) is 5.66. The second-order valence-corrected chi connectivity index (χ2v) is 4.52. The number of ketones is 1. The van der Waals surface area contributed by atoms with E-state index in [-0.39, 0.29) is 23.9 Å². The molecular formula is C12H14N2O2. The molecule has 2 saturated heterocycles. The molecule has 0 aromatic carbocycles. The summed E-state index contributed by atoms with van der Waals surface area (Å²) in [6, 6.07) is 3.49. The minimum absolute atomic E-state index is 0.00903. The van der Waals surface area contributed by atoms with Crippen molar-refractivity contribution in [2.75, 3.05) is 5.73 Å². The third-order valence-corrected chi connectivity index (χ3v) is 3.55. The first-order valence-corrected chi connectivity index (χ1v) is 5.66. The van der Waals surface area contributed by atoms with Gasteiger partial charge in [-0.3, -0.25) is 4.79 Å². The van der Waals surface area contributed by atoms with Crippen LogP contribution in [0.1, 0.15) is 29.6 Å². The van der Waals surface area contributed by atoms with Crippen molar-refractivity contribution in [1.82, 2.24) is 4.98 Å². The highest BCUT2D eigenvalue weighted by atomic mass is 16.5. The van der Waals surface area contributed by atoms with Crippen molar-refractivity contribution in [2.24, 2.45) is 5.92 Å². The van der Waals surface area contributed by atoms with Gasteiger partial charge >= 0.3 is 0 Å². The molecule has 0 spiro atoms. The van der Waals surface area contributed by atoms with Crippen LogP contribution < -0.4 is 5.73 Å². The van der Waals surface area contributed by atoms with Crippen molar-refractivity contribution in [2.45, 2.75) is 31.5 Å². The number of carbonyl (C=O) groups excluding carboxylic acids is 1. The van der Waals surface area contributed by atoms with E-state index in [2.05, 4.69) is 4.98 Å². The molecule has 3 rings (SSSR count). The van der Waals surface area contributed by atoms with Crippen molar-refractivity contribution < 1.29 is 9.53 Å². The second-order valence-electron chi connectivity index (χ2n) is 4.52. The zero-order chi connectivity index (χ0) is 11.1. The summed E-state index contributed by atoms with van der Waals surface area (Å²) in [5.41, 5.74) is 6.26. The smallest absolute Gasteiger partial charge is 0.172 e. The van der Waals surface area contributed by atoms with Crippen LogP contribution in [-0.4, -0.2) is 23.0 Å². The third kappa shape index (κ3) is 1.41. The second kappa shape index (κ2) is 3.56. The van der Waals surface area contributed by atoms with Gasteiger partial charge in [0.1, 0.15) is 5.82 Å². The summed E-state index contributed by atoms with van der Waals surface area (Å²) in [4.78, 5) is 16.2. The SMILES string of the molecule is Nc1ncccc1C(=O)C1CC2CCC1O2. The minimum atomic E-state index is -0.00903. The van der Waals surface area contributed by atoms with Gasteiger partial charge in [0, 0.05) is 6.20 Å². The number of pyridine rings is 1. The summed E-state index contributed by atoms with van der Waals surface area (Å²) in [6.07, 6.45) is 4.94. The van der Waals surface area contributed by atoms with Gasteiger partial charge in [0.05, 0.1) is 23.7 Å². The Labute approximate surface area is 93.8 Å². The lowest BCUT2D eigenvalue weighted by Crippen LogP contribution is -2.26. The lowest BCUT2D eigenvalue weighted by atomic mass is 9.84. The molecule has 2 fully saturated rings. The molecule has 2 N–H and O–H groups in total. The molecule has 4 heteroatoms. The maximum atomic E-state index is 12.3. The highest BCUT2D eigenvalue weighted by Crippen LogP contribution is 2.40. The van der Waals surface area contributed by atoms with Gasteiger partial charge in [0.25, 0.3) is 0 Å². The lowest BCUT2D eigenvalue weighted by Gasteiger charge is -2.17. The number of nitrogens with zero attached hydrogens (tertiary/aromatic N) is 1. The fourth-order valence-corrected chi connectivity index (χ4v) is 2.74. The molecule has 16 heavy (non-hydrogen) atoms. The van der Waals surface area contributed by atoms with Crippen molar-refractivity contribution in [1.29, 1.82) is 0 Å². The summed E-state index contributed by atoms with van der Waals surface area (Å²) >= 11 is 0. The van der Waals surface area contributed by atoms with E-state index >= 15 is 0 Å². The van der Waals surface area contributed by atoms with E-state index in [0.29, 0.717) is 11.4 Å². The molecule has 1 aromatic heterocycles. The van der Waals surface area contributed by atoms with Crippen LogP contribution in [0.2, 0.25) is 0 Å². The maximum Gasteiger partial charge on any atom is 0.172 e. The van der Waals surface area contributed by atoms with Gasteiger partial charge in [-0.25, -0.2) is 4.98 Å². The van der Waals surface area contributed by atoms with Crippen LogP contribution in [0.5, 0.6) is 0 Å². The number of nitrogens with two attached hydrogens (primary N) is 1. The average molecular weight is 218 g/mol. The van der Waals surface area contributed by atoms with E-state index < -0.39 is 0 Å². The van der Waals surface area contributed by atoms with Gasteiger partial charge in [0.2, 0.25) is 0 Å². The molecule has 2 aliphatic rings. The molecule has 84 valence electrons. The Morgan fingerprint density at radius 3 is 3.00 bits per heavy atom. The normalized spacial score (nSPS) is 31.9. The number of hydrogen-bond acceptors (Lipinski definition) is 4. The lowest BCUT2D eigenvalue weighted by molar-refractivity contribution is 0.0744. The Hall–Kier alpha value is -1.42. The van der Waals surface area contributed by atoms with Crippen LogP contribution in [0.3, 0.4) is 0 Å². The number of fused-ring (bicyclic) bond motifs is 2. The standard InChI is InChI=1S/C12H14N2O2/c13-12-8(2-1-5-14-12)11(15)9-6-7-3-4-10(9)16-7/h1-2,5,7,9-10H,3-4,6H2,(H2,13,14). The Morgan fingerprint density at radius 1 is 1.50 bits per heavy atom. The van der Waals surface area contributed by atoms with Crippen molar-refractivity contribution in [3.8, 4) is 0 Å². The van der Waals surface area contributed by atoms with Gasteiger partial charge < -0.3 is 10.5 Å². The zero-order valence-electron chi connectivity index (χ0n) is 8.93. The molecular weight excluding hydrogens is 204 g/mol. The number of ether oxygens (including phenoxy) is 1. The van der Waals surface area contributed by atoms with Gasteiger partial charge in [-0.1, -0.05) is 0 Å². The van der Waals surface area contributed by atoms with Crippen molar-refractivity contribution in [3.63, 3.8) is 0 Å². The van der Waals surface area contributed by atoms with Crippen LogP contribution in [0.15, 0.2) is 18.3 Å². The molecule has 3 unspecified atom stereocenters. The number of anilines is 1. The quantitative estimate of drug-likeness (QED) is 0.762. The zero-order valence-corrected chi connectivity index (χ0v) is 8.93. The molecule has 0 radical (unpaired) electrons. The number of carbonyl (C=O) groups is 1. The number of aromatic nitrogens is 1. The first-order chi connectivity index (χ1) is 7.75. The van der Waals surface area contributed by atoms with E-state index in [0.717, 1.165) is 19.3 Å². The van der Waals surface area contributed by atoms with E-state index in [9.17, 15) is 4.79 Å². The van der Waals surface area contributed by atoms with Gasteiger partial charge in [0.15, 0.2) is 5.78 Å². The largest absolute Gasteiger partial charge is 0.383 e. The number of rotatable bonds is 2. The molecule has 0 aliphatic carbocycles. The predicted molar refractivity (Wildman–Crippen MR) is 59.0 cm³/mol. The molecule has 4 nitrogen and oxygen atoms in total. The Balaban J connectivity index is 1.86. The van der Waals surface area contributed by atoms with E-state index in [1.165, 1.54) is 0 Å². The third-order valence-electron chi connectivity index (χ3n) is 3.55. The Bertz CT molecular complexity index is 433. The topological polar surface area (TPSA) is 65.2 Å². The van der Waals surface area contributed by atoms with Crippen molar-refractivity contribution >= 4 is 11.6 Å². The molecule has 0 amide bonds. The summed E-state index contributed by atoms with van der Waals surface area (Å²) in [7, 11) is 0. The number of nitrogen functional groups attached to an aromatic ring is 1. The fourth-order valence-electron chi connectivity index (χ4n) is 2.74. The fraction of sp³-hybridized carbons (Fsp3) is 0.500. The highest BCUT2D eigenvalue weighted by molar-refractivity contribution is 6.02.